The fourth-order valence-corrected chi connectivity index (χ4v) is 2.65. The van der Waals surface area contributed by atoms with E-state index in [1.807, 2.05) is 0 Å². The summed E-state index contributed by atoms with van der Waals surface area (Å²) >= 11 is 6.08. The van der Waals surface area contributed by atoms with Crippen LogP contribution >= 0.6 is 11.6 Å². The third kappa shape index (κ3) is 5.89. The molecule has 2 aromatic carbocycles. The number of hydrogen-bond acceptors (Lipinski definition) is 4. The largest absolute Gasteiger partial charge is 0.453 e. The number of anilines is 2. The molecule has 6 nitrogen and oxygen atoms in total. The van der Waals surface area contributed by atoms with Crippen LogP contribution in [-0.2, 0) is 9.59 Å². The molecule has 0 radical (unpaired) electrons. The number of carbonyl (C=O) groups is 2. The number of nitrogens with one attached hydrogen (secondary N) is 2. The summed E-state index contributed by atoms with van der Waals surface area (Å²) in [6, 6.07) is 12.4. The van der Waals surface area contributed by atoms with Crippen LogP contribution in [0.3, 0.4) is 0 Å². The molecule has 0 aliphatic heterocycles. The van der Waals surface area contributed by atoms with Gasteiger partial charge in [0.2, 0.25) is 11.8 Å². The third-order valence-corrected chi connectivity index (χ3v) is 4.12. The van der Waals surface area contributed by atoms with E-state index < -0.39 is 11.7 Å². The summed E-state index contributed by atoms with van der Waals surface area (Å²) in [5, 5.41) is 5.54. The average Bonchev–Trinajstić information content (AvgIpc) is 2.71. The molecule has 0 saturated heterocycles. The van der Waals surface area contributed by atoms with Gasteiger partial charge in [-0.1, -0.05) is 17.7 Å². The molecule has 0 saturated carbocycles. The van der Waals surface area contributed by atoms with Crippen LogP contribution in [0.25, 0.3) is 6.08 Å². The first-order valence-electron chi connectivity index (χ1n) is 8.84. The van der Waals surface area contributed by atoms with E-state index in [1.54, 1.807) is 42.6 Å². The molecule has 0 unspecified atom stereocenters. The quantitative estimate of drug-likeness (QED) is 0.527. The van der Waals surface area contributed by atoms with Gasteiger partial charge in [-0.15, -0.1) is 0 Å². The van der Waals surface area contributed by atoms with Crippen molar-refractivity contribution < 1.29 is 18.7 Å². The highest BCUT2D eigenvalue weighted by Crippen LogP contribution is 2.26. The normalized spacial score (nSPS) is 10.6. The molecule has 1 heterocycles. The predicted molar refractivity (Wildman–Crippen MR) is 114 cm³/mol. The predicted octanol–water partition coefficient (Wildman–Crippen LogP) is 5.28. The molecule has 0 aliphatic rings. The van der Waals surface area contributed by atoms with E-state index >= 15 is 0 Å². The van der Waals surface area contributed by atoms with E-state index in [1.165, 1.54) is 37.4 Å². The van der Waals surface area contributed by atoms with Gasteiger partial charge >= 0.3 is 0 Å². The molecule has 0 atom stereocenters. The first-order valence-corrected chi connectivity index (χ1v) is 9.22. The molecule has 8 heteroatoms. The minimum atomic E-state index is -0.576. The van der Waals surface area contributed by atoms with Gasteiger partial charge in [0.25, 0.3) is 0 Å². The number of amides is 2. The van der Waals surface area contributed by atoms with Crippen molar-refractivity contribution in [3.05, 3.63) is 83.4 Å². The Bertz CT molecular complexity index is 1100. The fourth-order valence-electron chi connectivity index (χ4n) is 2.49. The Hall–Kier alpha value is -3.71. The zero-order valence-corrected chi connectivity index (χ0v) is 16.6. The maximum absolute atomic E-state index is 14.3. The number of pyridine rings is 1. The van der Waals surface area contributed by atoms with E-state index in [-0.39, 0.29) is 11.7 Å². The topological polar surface area (TPSA) is 80.3 Å². The second-order valence-electron chi connectivity index (χ2n) is 6.18. The van der Waals surface area contributed by atoms with Gasteiger partial charge in [-0.2, -0.15) is 0 Å². The third-order valence-electron chi connectivity index (χ3n) is 3.79. The number of benzene rings is 2. The van der Waals surface area contributed by atoms with Crippen molar-refractivity contribution in [1.29, 1.82) is 0 Å². The van der Waals surface area contributed by atoms with Gasteiger partial charge in [-0.25, -0.2) is 4.39 Å². The minimum Gasteiger partial charge on any atom is -0.453 e. The summed E-state index contributed by atoms with van der Waals surface area (Å²) in [4.78, 5) is 27.3. The standard InChI is InChI=1S/C22H17ClFN3O3/c1-14(28)26-16-6-7-18(23)20(12-16)27-22(29)9-5-15-4-8-21(19(24)11-15)30-17-3-2-10-25-13-17/h2-13H,1H3,(H,26,28)(H,27,29)/b9-5+. The van der Waals surface area contributed by atoms with Crippen LogP contribution in [0.2, 0.25) is 5.02 Å². The molecule has 1 aromatic heterocycles. The molecular formula is C22H17ClFN3O3. The molecule has 0 spiro atoms. The molecule has 2 N–H and O–H groups in total. The number of carbonyl (C=O) groups excluding carboxylic acids is 2. The zero-order chi connectivity index (χ0) is 21.5. The highest BCUT2D eigenvalue weighted by Gasteiger charge is 2.08. The lowest BCUT2D eigenvalue weighted by atomic mass is 10.2. The smallest absolute Gasteiger partial charge is 0.248 e. The molecule has 30 heavy (non-hydrogen) atoms. The van der Waals surface area contributed by atoms with E-state index in [9.17, 15) is 14.0 Å². The lowest BCUT2D eigenvalue weighted by molar-refractivity contribution is -0.114. The van der Waals surface area contributed by atoms with E-state index in [0.29, 0.717) is 27.7 Å². The van der Waals surface area contributed by atoms with E-state index in [4.69, 9.17) is 16.3 Å². The lowest BCUT2D eigenvalue weighted by Gasteiger charge is -2.08. The summed E-state index contributed by atoms with van der Waals surface area (Å²) in [5.41, 5.74) is 1.31. The van der Waals surface area contributed by atoms with E-state index in [2.05, 4.69) is 15.6 Å². The van der Waals surface area contributed by atoms with Crippen LogP contribution < -0.4 is 15.4 Å². The first kappa shape index (κ1) is 21.0. The highest BCUT2D eigenvalue weighted by molar-refractivity contribution is 6.34. The van der Waals surface area contributed by atoms with Crippen molar-refractivity contribution in [3.8, 4) is 11.5 Å². The van der Waals surface area contributed by atoms with Gasteiger partial charge in [0.05, 0.1) is 16.9 Å². The summed E-state index contributed by atoms with van der Waals surface area (Å²) in [5.74, 6) is -0.823. The Labute approximate surface area is 177 Å². The Morgan fingerprint density at radius 3 is 2.67 bits per heavy atom. The summed E-state index contributed by atoms with van der Waals surface area (Å²) in [6.07, 6.45) is 5.77. The van der Waals surface area contributed by atoms with Crippen molar-refractivity contribution in [2.24, 2.45) is 0 Å². The van der Waals surface area contributed by atoms with Crippen molar-refractivity contribution in [3.63, 3.8) is 0 Å². The monoisotopic (exact) mass is 425 g/mol. The van der Waals surface area contributed by atoms with E-state index in [0.717, 1.165) is 0 Å². The summed E-state index contributed by atoms with van der Waals surface area (Å²) in [7, 11) is 0. The maximum atomic E-state index is 14.3. The Morgan fingerprint density at radius 2 is 1.97 bits per heavy atom. The van der Waals surface area contributed by atoms with Crippen LogP contribution in [0.4, 0.5) is 15.8 Å². The van der Waals surface area contributed by atoms with Gasteiger partial charge < -0.3 is 15.4 Å². The van der Waals surface area contributed by atoms with Crippen molar-refractivity contribution in [1.82, 2.24) is 4.98 Å². The molecule has 3 aromatic rings. The summed E-state index contributed by atoms with van der Waals surface area (Å²) < 4.78 is 19.7. The van der Waals surface area contributed by atoms with Crippen LogP contribution in [0.5, 0.6) is 11.5 Å². The number of halogens is 2. The zero-order valence-electron chi connectivity index (χ0n) is 15.9. The SMILES string of the molecule is CC(=O)Nc1ccc(Cl)c(NC(=O)/C=C/c2ccc(Oc3cccnc3)c(F)c2)c1. The average molecular weight is 426 g/mol. The highest BCUT2D eigenvalue weighted by atomic mass is 35.5. The first-order chi connectivity index (χ1) is 14.4. The molecule has 0 fully saturated rings. The molecule has 0 aliphatic carbocycles. The Morgan fingerprint density at radius 1 is 1.13 bits per heavy atom. The van der Waals surface area contributed by atoms with Gasteiger partial charge in [0, 0.05) is 24.9 Å². The number of ether oxygens (including phenoxy) is 1. The molecule has 2 amide bonds. The fraction of sp³-hybridized carbons (Fsp3) is 0.0455. The van der Waals surface area contributed by atoms with Gasteiger partial charge in [-0.05, 0) is 54.1 Å². The van der Waals surface area contributed by atoms with Crippen LogP contribution in [-0.4, -0.2) is 16.8 Å². The second kappa shape index (κ2) is 9.67. The van der Waals surface area contributed by atoms with Gasteiger partial charge in [-0.3, -0.25) is 14.6 Å². The van der Waals surface area contributed by atoms with Gasteiger partial charge in [0.1, 0.15) is 5.75 Å². The van der Waals surface area contributed by atoms with Gasteiger partial charge in [0.15, 0.2) is 11.6 Å². The van der Waals surface area contributed by atoms with Crippen LogP contribution in [0, 0.1) is 5.82 Å². The number of rotatable bonds is 6. The number of hydrogen-bond donors (Lipinski definition) is 2. The number of aromatic nitrogens is 1. The van der Waals surface area contributed by atoms with Crippen LogP contribution in [0.1, 0.15) is 12.5 Å². The van der Waals surface area contributed by atoms with Crippen LogP contribution in [0.15, 0.2) is 67.0 Å². The molecule has 3 rings (SSSR count). The lowest BCUT2D eigenvalue weighted by Crippen LogP contribution is -2.10. The van der Waals surface area contributed by atoms with Crippen molar-refractivity contribution in [2.75, 3.05) is 10.6 Å². The van der Waals surface area contributed by atoms with Crippen molar-refractivity contribution in [2.45, 2.75) is 6.92 Å². The van der Waals surface area contributed by atoms with Crippen molar-refractivity contribution >= 4 is 40.9 Å². The Kier molecular flexibility index (Phi) is 6.77. The molecular weight excluding hydrogens is 409 g/mol. The second-order valence-corrected chi connectivity index (χ2v) is 6.59. The Balaban J connectivity index is 1.66. The minimum absolute atomic E-state index is 0.0474. The number of nitrogens with zero attached hydrogens (tertiary/aromatic N) is 1. The molecule has 0 bridgehead atoms. The maximum Gasteiger partial charge on any atom is 0.248 e. The molecule has 152 valence electrons. The summed E-state index contributed by atoms with van der Waals surface area (Å²) in [6.45, 7) is 1.38.